The molecule has 1 aromatic heterocycles. The van der Waals surface area contributed by atoms with Gasteiger partial charge in [0.05, 0.1) is 22.7 Å². The number of hydrogen-bond donors (Lipinski definition) is 2. The number of aryl methyl sites for hydroxylation is 1. The predicted octanol–water partition coefficient (Wildman–Crippen LogP) is 5.46. The second-order valence-electron chi connectivity index (χ2n) is 10.2. The molecule has 4 aromatic rings. The summed E-state index contributed by atoms with van der Waals surface area (Å²) in [5.41, 5.74) is 2.62. The van der Waals surface area contributed by atoms with Crippen molar-refractivity contribution < 1.29 is 13.2 Å². The van der Waals surface area contributed by atoms with Gasteiger partial charge in [-0.15, -0.1) is 0 Å². The summed E-state index contributed by atoms with van der Waals surface area (Å²) in [6, 6.07) is 18.5. The second-order valence-corrected chi connectivity index (χ2v) is 10.2. The first-order valence-corrected chi connectivity index (χ1v) is 12.8. The van der Waals surface area contributed by atoms with Crippen LogP contribution in [0.5, 0.6) is 0 Å². The van der Waals surface area contributed by atoms with Crippen molar-refractivity contribution >= 4 is 11.0 Å². The van der Waals surface area contributed by atoms with Crippen molar-refractivity contribution in [3.63, 3.8) is 0 Å². The minimum absolute atomic E-state index is 0.0100. The Balaban J connectivity index is 1.51. The molecule has 1 aliphatic rings. The van der Waals surface area contributed by atoms with Gasteiger partial charge >= 0.3 is 0 Å². The molecule has 0 aliphatic carbocycles. The van der Waals surface area contributed by atoms with Gasteiger partial charge in [-0.25, -0.2) is 8.78 Å². The summed E-state index contributed by atoms with van der Waals surface area (Å²) >= 11 is 0. The van der Waals surface area contributed by atoms with E-state index in [1.54, 1.807) is 37.3 Å². The lowest BCUT2D eigenvalue weighted by Gasteiger charge is -2.33. The predicted molar refractivity (Wildman–Crippen MR) is 143 cm³/mol. The summed E-state index contributed by atoms with van der Waals surface area (Å²) in [7, 11) is 0. The number of benzene rings is 3. The molecule has 1 atom stereocenters. The Labute approximate surface area is 220 Å². The Hall–Kier alpha value is -3.86. The molecule has 38 heavy (non-hydrogen) atoms. The topological polar surface area (TPSA) is 78.1 Å². The fourth-order valence-electron chi connectivity index (χ4n) is 5.40. The maximum absolute atomic E-state index is 14.5. The van der Waals surface area contributed by atoms with Gasteiger partial charge in [0.2, 0.25) is 0 Å². The summed E-state index contributed by atoms with van der Waals surface area (Å²) in [5, 5.41) is 16.7. The van der Waals surface area contributed by atoms with E-state index in [0.29, 0.717) is 40.7 Å². The fourth-order valence-corrected chi connectivity index (χ4v) is 5.40. The first-order valence-electron chi connectivity index (χ1n) is 12.8. The molecule has 0 amide bonds. The number of nitrogens with zero attached hydrogens (tertiary/aromatic N) is 1. The molecule has 5 rings (SSSR count). The molecule has 0 radical (unpaired) electrons. The molecular formula is C31H29F2N3O2. The van der Waals surface area contributed by atoms with Crippen molar-refractivity contribution in [3.8, 4) is 6.07 Å². The maximum Gasteiger partial charge on any atom is 0.196 e. The Morgan fingerprint density at radius 1 is 1.08 bits per heavy atom. The van der Waals surface area contributed by atoms with Crippen LogP contribution in [-0.4, -0.2) is 13.1 Å². The van der Waals surface area contributed by atoms with Crippen molar-refractivity contribution in [3.05, 3.63) is 116 Å². The lowest BCUT2D eigenvalue weighted by atomic mass is 9.86. The van der Waals surface area contributed by atoms with Crippen LogP contribution in [0.1, 0.15) is 46.9 Å². The quantitative estimate of drug-likeness (QED) is 0.343. The molecule has 0 bridgehead atoms. The van der Waals surface area contributed by atoms with Gasteiger partial charge in [-0.3, -0.25) is 15.4 Å². The minimum atomic E-state index is -0.613. The Bertz CT molecular complexity index is 1600. The molecule has 1 aliphatic heterocycles. The van der Waals surface area contributed by atoms with Crippen LogP contribution >= 0.6 is 0 Å². The highest BCUT2D eigenvalue weighted by molar-refractivity contribution is 5.77. The molecule has 194 valence electrons. The third kappa shape index (κ3) is 5.10. The molecule has 2 heterocycles. The van der Waals surface area contributed by atoms with Crippen LogP contribution in [0.4, 0.5) is 8.78 Å². The third-order valence-electron chi connectivity index (χ3n) is 7.30. The zero-order valence-electron chi connectivity index (χ0n) is 21.4. The zero-order valence-corrected chi connectivity index (χ0v) is 21.4. The van der Waals surface area contributed by atoms with Gasteiger partial charge in [-0.05, 0) is 66.3 Å². The highest BCUT2D eigenvalue weighted by Gasteiger charge is 2.37. The van der Waals surface area contributed by atoms with Crippen LogP contribution in [0, 0.1) is 35.8 Å². The third-order valence-corrected chi connectivity index (χ3v) is 7.30. The highest BCUT2D eigenvalue weighted by atomic mass is 19.1. The first kappa shape index (κ1) is 25.8. The number of fused-ring (bicyclic) bond motifs is 1. The standard InChI is InChI=1S/C31H29F2N3O2/c1-19(17-31(35-10-11-36-31)23-7-6-20(2)27(33)15-23)12-28-26(14-21-4-3-5-22(13-21)18-34)30(37)25-9-8-24(32)16-29(25)38-28/h3-9,13,15-16,19,35-36H,10-12,14,17H2,1-2H3. The van der Waals surface area contributed by atoms with E-state index in [-0.39, 0.29) is 29.2 Å². The van der Waals surface area contributed by atoms with Crippen LogP contribution in [0.15, 0.2) is 69.9 Å². The monoisotopic (exact) mass is 513 g/mol. The molecule has 1 fully saturated rings. The Morgan fingerprint density at radius 2 is 1.87 bits per heavy atom. The van der Waals surface area contributed by atoms with Crippen molar-refractivity contribution in [2.75, 3.05) is 13.1 Å². The number of nitriles is 1. The lowest BCUT2D eigenvalue weighted by molar-refractivity contribution is 0.259. The van der Waals surface area contributed by atoms with Crippen LogP contribution in [0.25, 0.3) is 11.0 Å². The zero-order chi connectivity index (χ0) is 26.9. The smallest absolute Gasteiger partial charge is 0.196 e. The maximum atomic E-state index is 14.5. The number of halogens is 2. The molecule has 2 N–H and O–H groups in total. The largest absolute Gasteiger partial charge is 0.460 e. The molecule has 3 aromatic carbocycles. The van der Waals surface area contributed by atoms with E-state index in [9.17, 15) is 18.8 Å². The van der Waals surface area contributed by atoms with Gasteiger partial charge in [0.15, 0.2) is 5.43 Å². The number of hydrogen-bond acceptors (Lipinski definition) is 5. The number of rotatable bonds is 7. The highest BCUT2D eigenvalue weighted by Crippen LogP contribution is 2.32. The average molecular weight is 514 g/mol. The normalized spacial score (nSPS) is 15.4. The van der Waals surface area contributed by atoms with Gasteiger partial charge in [0, 0.05) is 37.6 Å². The Kier molecular flexibility index (Phi) is 7.11. The second kappa shape index (κ2) is 10.5. The van der Waals surface area contributed by atoms with Crippen molar-refractivity contribution in [2.24, 2.45) is 5.92 Å². The van der Waals surface area contributed by atoms with Crippen LogP contribution in [0.2, 0.25) is 0 Å². The van der Waals surface area contributed by atoms with Gasteiger partial charge in [0.25, 0.3) is 0 Å². The van der Waals surface area contributed by atoms with Crippen LogP contribution in [0.3, 0.4) is 0 Å². The van der Waals surface area contributed by atoms with Gasteiger partial charge in [-0.2, -0.15) is 5.26 Å². The summed E-state index contributed by atoms with van der Waals surface area (Å²) in [5.74, 6) is -0.231. The van der Waals surface area contributed by atoms with E-state index in [0.717, 1.165) is 24.2 Å². The van der Waals surface area contributed by atoms with E-state index >= 15 is 0 Å². The van der Waals surface area contributed by atoms with Crippen LogP contribution < -0.4 is 16.1 Å². The molecule has 0 spiro atoms. The van der Waals surface area contributed by atoms with Crippen molar-refractivity contribution in [1.29, 1.82) is 5.26 Å². The molecule has 0 saturated carbocycles. The van der Waals surface area contributed by atoms with E-state index in [4.69, 9.17) is 4.42 Å². The van der Waals surface area contributed by atoms with Gasteiger partial charge in [0.1, 0.15) is 23.0 Å². The molecule has 1 unspecified atom stereocenters. The van der Waals surface area contributed by atoms with E-state index in [1.165, 1.54) is 18.2 Å². The van der Waals surface area contributed by atoms with Crippen molar-refractivity contribution in [2.45, 2.75) is 38.8 Å². The fraction of sp³-hybridized carbons (Fsp3) is 0.290. The summed E-state index contributed by atoms with van der Waals surface area (Å²) in [6.45, 7) is 5.28. The van der Waals surface area contributed by atoms with Crippen molar-refractivity contribution in [1.82, 2.24) is 10.6 Å². The lowest BCUT2D eigenvalue weighted by Crippen LogP contribution is -2.47. The summed E-state index contributed by atoms with van der Waals surface area (Å²) in [6.07, 6.45) is 1.33. The van der Waals surface area contributed by atoms with Crippen LogP contribution in [-0.2, 0) is 18.5 Å². The molecule has 1 saturated heterocycles. The number of nitrogens with one attached hydrogen (secondary N) is 2. The molecule has 5 nitrogen and oxygen atoms in total. The van der Waals surface area contributed by atoms with E-state index < -0.39 is 11.5 Å². The summed E-state index contributed by atoms with van der Waals surface area (Å²) in [4.78, 5) is 13.6. The average Bonchev–Trinajstić information content (AvgIpc) is 3.37. The van der Waals surface area contributed by atoms with E-state index in [1.807, 2.05) is 12.1 Å². The molecule has 7 heteroatoms. The van der Waals surface area contributed by atoms with E-state index in [2.05, 4.69) is 23.6 Å². The van der Waals surface area contributed by atoms with Gasteiger partial charge in [-0.1, -0.05) is 31.2 Å². The summed E-state index contributed by atoms with van der Waals surface area (Å²) < 4.78 is 34.7. The Morgan fingerprint density at radius 3 is 2.61 bits per heavy atom. The SMILES string of the molecule is Cc1ccc(C2(CC(C)Cc3oc4cc(F)ccc4c(=O)c3Cc3cccc(C#N)c3)NCCN2)cc1F. The van der Waals surface area contributed by atoms with Gasteiger partial charge < -0.3 is 4.42 Å². The molecular weight excluding hydrogens is 484 g/mol. The first-order chi connectivity index (χ1) is 18.3. The minimum Gasteiger partial charge on any atom is -0.460 e.